The standard InChI is InChI=1S/C36H46N3/c1-9-38(10-2)29-20-16-27(17-21-29)35(28-18-22-30(23-19-28)39(11-3)12-4)33-24-25-34(37(7)8)36-31(26(5)6)14-13-15-32(33)36/h13-26H,9-12H2,1-8H3/q+1. The summed E-state index contributed by atoms with van der Waals surface area (Å²) >= 11 is 0. The van der Waals surface area contributed by atoms with E-state index in [1.165, 1.54) is 56.0 Å². The predicted octanol–water partition coefficient (Wildman–Crippen LogP) is 8.09. The van der Waals surface area contributed by atoms with Crippen LogP contribution >= 0.6 is 0 Å². The van der Waals surface area contributed by atoms with Gasteiger partial charge in [0, 0.05) is 43.6 Å². The molecule has 0 bridgehead atoms. The topological polar surface area (TPSA) is 9.49 Å². The highest BCUT2D eigenvalue weighted by Gasteiger charge is 2.27. The lowest BCUT2D eigenvalue weighted by atomic mass is 9.80. The number of rotatable bonds is 9. The van der Waals surface area contributed by atoms with Crippen LogP contribution in [0.3, 0.4) is 0 Å². The van der Waals surface area contributed by atoms with Gasteiger partial charge in [0.1, 0.15) is 14.1 Å². The van der Waals surface area contributed by atoms with Crippen LogP contribution in [0.25, 0.3) is 11.1 Å². The lowest BCUT2D eigenvalue weighted by Gasteiger charge is -2.25. The number of allylic oxidation sites excluding steroid dienone is 3. The van der Waals surface area contributed by atoms with E-state index in [1.54, 1.807) is 0 Å². The van der Waals surface area contributed by atoms with Crippen molar-refractivity contribution in [1.29, 1.82) is 0 Å². The van der Waals surface area contributed by atoms with Gasteiger partial charge in [-0.05, 0) is 97.4 Å². The maximum Gasteiger partial charge on any atom is 0.207 e. The first-order chi connectivity index (χ1) is 18.8. The summed E-state index contributed by atoms with van der Waals surface area (Å²) in [6, 6.07) is 25.2. The normalized spacial score (nSPS) is 12.5. The van der Waals surface area contributed by atoms with E-state index in [0.29, 0.717) is 5.92 Å². The van der Waals surface area contributed by atoms with Crippen LogP contribution in [0.5, 0.6) is 0 Å². The number of hydrogen-bond donors (Lipinski definition) is 0. The number of hydrogen-bond acceptors (Lipinski definition) is 2. The number of fused-ring (bicyclic) bond motifs is 1. The summed E-state index contributed by atoms with van der Waals surface area (Å²) < 4.78 is 2.25. The van der Waals surface area contributed by atoms with Gasteiger partial charge in [-0.25, -0.2) is 4.58 Å². The average molecular weight is 521 g/mol. The van der Waals surface area contributed by atoms with Crippen molar-refractivity contribution < 1.29 is 4.58 Å². The average Bonchev–Trinajstić information content (AvgIpc) is 2.95. The van der Waals surface area contributed by atoms with Gasteiger partial charge in [0.25, 0.3) is 0 Å². The van der Waals surface area contributed by atoms with Gasteiger partial charge in [-0.2, -0.15) is 0 Å². The second-order valence-electron chi connectivity index (χ2n) is 10.8. The van der Waals surface area contributed by atoms with E-state index in [-0.39, 0.29) is 0 Å². The second-order valence-corrected chi connectivity index (χ2v) is 10.8. The molecule has 0 spiro atoms. The summed E-state index contributed by atoms with van der Waals surface area (Å²) in [6.07, 6.45) is 4.63. The summed E-state index contributed by atoms with van der Waals surface area (Å²) in [7, 11) is 4.29. The largest absolute Gasteiger partial charge is 0.372 e. The van der Waals surface area contributed by atoms with Crippen molar-refractivity contribution in [3.05, 3.63) is 107 Å². The van der Waals surface area contributed by atoms with E-state index in [2.05, 4.69) is 149 Å². The molecule has 1 aliphatic rings. The summed E-state index contributed by atoms with van der Waals surface area (Å²) in [5.41, 5.74) is 12.9. The Labute approximate surface area is 236 Å². The van der Waals surface area contributed by atoms with Gasteiger partial charge in [-0.15, -0.1) is 0 Å². The van der Waals surface area contributed by atoms with Crippen molar-refractivity contribution in [2.24, 2.45) is 0 Å². The molecule has 0 N–H and O–H groups in total. The second kappa shape index (κ2) is 12.5. The lowest BCUT2D eigenvalue weighted by molar-refractivity contribution is -0.463. The fraction of sp³-hybridized carbons (Fsp3) is 0.361. The van der Waals surface area contributed by atoms with Crippen LogP contribution < -0.4 is 9.80 Å². The molecule has 0 atom stereocenters. The fourth-order valence-electron chi connectivity index (χ4n) is 5.82. The molecule has 3 heteroatoms. The van der Waals surface area contributed by atoms with Crippen molar-refractivity contribution in [2.75, 3.05) is 50.1 Å². The molecule has 0 saturated heterocycles. The molecule has 0 aliphatic heterocycles. The van der Waals surface area contributed by atoms with Crippen molar-refractivity contribution >= 4 is 28.2 Å². The van der Waals surface area contributed by atoms with E-state index in [4.69, 9.17) is 0 Å². The van der Waals surface area contributed by atoms with Gasteiger partial charge in [-0.3, -0.25) is 0 Å². The molecular formula is C36H46N3+. The van der Waals surface area contributed by atoms with Gasteiger partial charge in [0.15, 0.2) is 0 Å². The Hall–Kier alpha value is -3.59. The maximum absolute atomic E-state index is 2.40. The molecule has 3 nitrogen and oxygen atoms in total. The molecule has 1 aliphatic carbocycles. The molecule has 0 heterocycles. The lowest BCUT2D eigenvalue weighted by Crippen LogP contribution is -2.21. The smallest absolute Gasteiger partial charge is 0.207 e. The zero-order valence-corrected chi connectivity index (χ0v) is 25.3. The Morgan fingerprint density at radius 2 is 1.15 bits per heavy atom. The Morgan fingerprint density at radius 1 is 0.667 bits per heavy atom. The summed E-state index contributed by atoms with van der Waals surface area (Å²) in [5, 5.41) is 0. The number of nitrogens with zero attached hydrogens (tertiary/aromatic N) is 3. The van der Waals surface area contributed by atoms with E-state index in [0.717, 1.165) is 26.2 Å². The highest BCUT2D eigenvalue weighted by molar-refractivity contribution is 6.18. The maximum atomic E-state index is 2.40. The highest BCUT2D eigenvalue weighted by Crippen LogP contribution is 2.40. The molecule has 0 radical (unpaired) electrons. The van der Waals surface area contributed by atoms with Crippen LogP contribution in [0.15, 0.2) is 78.9 Å². The van der Waals surface area contributed by atoms with Gasteiger partial charge >= 0.3 is 0 Å². The minimum atomic E-state index is 0.438. The van der Waals surface area contributed by atoms with Crippen molar-refractivity contribution in [3.8, 4) is 0 Å². The van der Waals surface area contributed by atoms with E-state index < -0.39 is 0 Å². The van der Waals surface area contributed by atoms with Crippen LogP contribution in [0.4, 0.5) is 11.4 Å². The van der Waals surface area contributed by atoms with Crippen molar-refractivity contribution in [3.63, 3.8) is 0 Å². The van der Waals surface area contributed by atoms with E-state index in [9.17, 15) is 0 Å². The molecular weight excluding hydrogens is 474 g/mol. The van der Waals surface area contributed by atoms with Crippen molar-refractivity contribution in [2.45, 2.75) is 47.5 Å². The molecule has 204 valence electrons. The van der Waals surface area contributed by atoms with Crippen LogP contribution in [0, 0.1) is 0 Å². The number of anilines is 2. The molecule has 0 amide bonds. The quantitative estimate of drug-likeness (QED) is 0.264. The van der Waals surface area contributed by atoms with Gasteiger partial charge in [0.05, 0.1) is 5.56 Å². The molecule has 0 fully saturated rings. The first-order valence-corrected chi connectivity index (χ1v) is 14.6. The van der Waals surface area contributed by atoms with Crippen LogP contribution in [-0.2, 0) is 0 Å². The van der Waals surface area contributed by atoms with Crippen LogP contribution in [-0.4, -0.2) is 50.6 Å². The van der Waals surface area contributed by atoms with Crippen molar-refractivity contribution in [1.82, 2.24) is 0 Å². The van der Waals surface area contributed by atoms with E-state index >= 15 is 0 Å². The SMILES string of the molecule is CCN(CC)c1ccc(C(=C2C=CC(=[N+](C)C)c3c2cccc3C(C)C)c2ccc(N(CC)CC)cc2)cc1. The summed E-state index contributed by atoms with van der Waals surface area (Å²) in [6.45, 7) is 17.5. The Balaban J connectivity index is 1.99. The third-order valence-electron chi connectivity index (χ3n) is 7.99. The molecule has 3 aromatic rings. The first kappa shape index (κ1) is 28.4. The highest BCUT2D eigenvalue weighted by atomic mass is 15.1. The van der Waals surface area contributed by atoms with Gasteiger partial charge < -0.3 is 9.80 Å². The van der Waals surface area contributed by atoms with Crippen LogP contribution in [0.1, 0.15) is 75.3 Å². The van der Waals surface area contributed by atoms with Gasteiger partial charge in [0.2, 0.25) is 5.71 Å². The molecule has 4 rings (SSSR count). The van der Waals surface area contributed by atoms with Crippen LogP contribution in [0.2, 0.25) is 0 Å². The van der Waals surface area contributed by atoms with E-state index in [1.807, 2.05) is 0 Å². The van der Waals surface area contributed by atoms with Gasteiger partial charge in [-0.1, -0.05) is 56.3 Å². The molecule has 0 aromatic heterocycles. The molecule has 0 unspecified atom stereocenters. The molecule has 0 saturated carbocycles. The third kappa shape index (κ3) is 5.73. The first-order valence-electron chi connectivity index (χ1n) is 14.6. The monoisotopic (exact) mass is 520 g/mol. The summed E-state index contributed by atoms with van der Waals surface area (Å²) in [5.74, 6) is 0.438. The molecule has 39 heavy (non-hydrogen) atoms. The zero-order chi connectivity index (χ0) is 28.1. The Bertz CT molecular complexity index is 1300. The number of benzene rings is 3. The summed E-state index contributed by atoms with van der Waals surface area (Å²) in [4.78, 5) is 4.80. The molecule has 3 aromatic carbocycles. The third-order valence-corrected chi connectivity index (χ3v) is 7.99. The fourth-order valence-corrected chi connectivity index (χ4v) is 5.82. The minimum Gasteiger partial charge on any atom is -0.372 e. The zero-order valence-electron chi connectivity index (χ0n) is 25.3. The minimum absolute atomic E-state index is 0.438. The Morgan fingerprint density at radius 3 is 1.56 bits per heavy atom. The Kier molecular flexibility index (Phi) is 9.12. The predicted molar refractivity (Wildman–Crippen MR) is 172 cm³/mol.